The van der Waals surface area contributed by atoms with Crippen LogP contribution in [0.4, 0.5) is 0 Å². The molecule has 0 bridgehead atoms. The van der Waals surface area contributed by atoms with Crippen LogP contribution in [0.2, 0.25) is 0 Å². The first-order chi connectivity index (χ1) is 10.0. The molecular weight excluding hydrogens is 280 g/mol. The second kappa shape index (κ2) is 5.41. The van der Waals surface area contributed by atoms with Gasteiger partial charge in [0.1, 0.15) is 0 Å². The average molecular weight is 302 g/mol. The van der Waals surface area contributed by atoms with Crippen molar-refractivity contribution in [1.82, 2.24) is 4.90 Å². The number of amides is 1. The van der Waals surface area contributed by atoms with E-state index in [-0.39, 0.29) is 17.9 Å². The molecule has 3 unspecified atom stereocenters. The maximum Gasteiger partial charge on any atom is 0.227 e. The first-order valence-corrected chi connectivity index (χ1v) is 8.08. The van der Waals surface area contributed by atoms with Crippen molar-refractivity contribution < 1.29 is 4.79 Å². The fourth-order valence-corrected chi connectivity index (χ4v) is 3.92. The molecule has 2 N–H and O–H groups in total. The van der Waals surface area contributed by atoms with Crippen LogP contribution in [-0.4, -0.2) is 28.4 Å². The highest BCUT2D eigenvalue weighted by molar-refractivity contribution is 7.80. The molecule has 0 radical (unpaired) electrons. The van der Waals surface area contributed by atoms with Crippen LogP contribution < -0.4 is 5.73 Å². The van der Waals surface area contributed by atoms with E-state index in [0.29, 0.717) is 23.4 Å². The Labute approximate surface area is 131 Å². The number of rotatable bonds is 4. The predicted octanol–water partition coefficient (Wildman–Crippen LogP) is 2.49. The van der Waals surface area contributed by atoms with E-state index in [1.807, 2.05) is 18.7 Å². The highest BCUT2D eigenvalue weighted by Gasteiger charge is 2.58. The minimum absolute atomic E-state index is 0.130. The lowest BCUT2D eigenvalue weighted by Gasteiger charge is -2.26. The van der Waals surface area contributed by atoms with Crippen molar-refractivity contribution in [2.45, 2.75) is 38.6 Å². The molecule has 0 spiro atoms. The molecule has 1 aromatic carbocycles. The van der Waals surface area contributed by atoms with E-state index in [1.54, 1.807) is 0 Å². The standard InChI is InChI=1S/C17H22N2OS/c1-10(2)19(9-14(18)21)17(20)16-13-8-7-11-5-3-4-6-12(11)15(13)16/h3-6,10,13,15-16H,7-9H2,1-2H3,(H2,18,21). The SMILES string of the molecule is CC(C)N(CC(N)=S)C(=O)C1C2CCc3ccccc3C21. The Bertz CT molecular complexity index is 584. The number of fused-ring (bicyclic) bond motifs is 3. The van der Waals surface area contributed by atoms with Crippen molar-refractivity contribution in [2.75, 3.05) is 6.54 Å². The van der Waals surface area contributed by atoms with Gasteiger partial charge in [0, 0.05) is 12.0 Å². The normalized spacial score (nSPS) is 26.0. The van der Waals surface area contributed by atoms with Gasteiger partial charge in [0.15, 0.2) is 0 Å². The van der Waals surface area contributed by atoms with E-state index in [1.165, 1.54) is 11.1 Å². The van der Waals surface area contributed by atoms with Gasteiger partial charge in [-0.3, -0.25) is 4.79 Å². The molecule has 1 aromatic rings. The zero-order valence-corrected chi connectivity index (χ0v) is 13.4. The van der Waals surface area contributed by atoms with Gasteiger partial charge in [-0.05, 0) is 49.7 Å². The summed E-state index contributed by atoms with van der Waals surface area (Å²) in [4.78, 5) is 15.1. The third-order valence-electron chi connectivity index (χ3n) is 4.85. The molecule has 0 aromatic heterocycles. The minimum atomic E-state index is 0.130. The number of nitrogens with zero attached hydrogens (tertiary/aromatic N) is 1. The molecule has 1 amide bonds. The van der Waals surface area contributed by atoms with E-state index in [9.17, 15) is 4.79 Å². The number of carbonyl (C=O) groups is 1. The van der Waals surface area contributed by atoms with E-state index in [0.717, 1.165) is 12.8 Å². The maximum atomic E-state index is 12.9. The van der Waals surface area contributed by atoms with Crippen molar-refractivity contribution in [1.29, 1.82) is 0 Å². The highest BCUT2D eigenvalue weighted by Crippen LogP contribution is 2.60. The molecule has 112 valence electrons. The van der Waals surface area contributed by atoms with Gasteiger partial charge >= 0.3 is 0 Å². The summed E-state index contributed by atoms with van der Waals surface area (Å²) >= 11 is 4.99. The number of nitrogens with two attached hydrogens (primary N) is 1. The van der Waals surface area contributed by atoms with Gasteiger partial charge < -0.3 is 10.6 Å². The predicted molar refractivity (Wildman–Crippen MR) is 88.1 cm³/mol. The van der Waals surface area contributed by atoms with Gasteiger partial charge in [-0.1, -0.05) is 36.5 Å². The second-order valence-corrected chi connectivity index (χ2v) is 7.00. The number of benzene rings is 1. The quantitative estimate of drug-likeness (QED) is 0.869. The molecule has 3 rings (SSSR count). The van der Waals surface area contributed by atoms with Crippen LogP contribution in [0.15, 0.2) is 24.3 Å². The van der Waals surface area contributed by atoms with Gasteiger partial charge in [0.05, 0.1) is 11.5 Å². The topological polar surface area (TPSA) is 46.3 Å². The van der Waals surface area contributed by atoms with E-state index < -0.39 is 0 Å². The summed E-state index contributed by atoms with van der Waals surface area (Å²) in [6.07, 6.45) is 2.22. The summed E-state index contributed by atoms with van der Waals surface area (Å²) in [5.74, 6) is 1.28. The molecule has 0 heterocycles. The van der Waals surface area contributed by atoms with Crippen molar-refractivity contribution in [3.63, 3.8) is 0 Å². The zero-order chi connectivity index (χ0) is 15.1. The van der Waals surface area contributed by atoms with E-state index in [4.69, 9.17) is 18.0 Å². The van der Waals surface area contributed by atoms with Crippen molar-refractivity contribution >= 4 is 23.1 Å². The lowest BCUT2D eigenvalue weighted by molar-refractivity contribution is -0.133. The Morgan fingerprint density at radius 2 is 2.14 bits per heavy atom. The average Bonchev–Trinajstić information content (AvgIpc) is 3.18. The molecule has 0 saturated heterocycles. The second-order valence-electron chi connectivity index (χ2n) is 6.48. The lowest BCUT2D eigenvalue weighted by atomic mass is 9.92. The molecule has 2 aliphatic rings. The lowest BCUT2D eigenvalue weighted by Crippen LogP contribution is -2.43. The van der Waals surface area contributed by atoms with Crippen molar-refractivity contribution in [3.8, 4) is 0 Å². The molecule has 1 fully saturated rings. The van der Waals surface area contributed by atoms with Gasteiger partial charge in [0.25, 0.3) is 0 Å². The van der Waals surface area contributed by atoms with Crippen LogP contribution in [0.25, 0.3) is 0 Å². The summed E-state index contributed by atoms with van der Waals surface area (Å²) in [7, 11) is 0. The van der Waals surface area contributed by atoms with Gasteiger partial charge in [-0.2, -0.15) is 0 Å². The van der Waals surface area contributed by atoms with Gasteiger partial charge in [-0.25, -0.2) is 0 Å². The van der Waals surface area contributed by atoms with Crippen LogP contribution in [0.5, 0.6) is 0 Å². The van der Waals surface area contributed by atoms with Crippen LogP contribution in [0.1, 0.15) is 37.3 Å². The van der Waals surface area contributed by atoms with Crippen LogP contribution >= 0.6 is 12.2 Å². The summed E-state index contributed by atoms with van der Waals surface area (Å²) in [5, 5.41) is 0. The molecule has 1 saturated carbocycles. The number of hydrogen-bond acceptors (Lipinski definition) is 2. The number of thiocarbonyl (C=S) groups is 1. The van der Waals surface area contributed by atoms with Gasteiger partial charge in [-0.15, -0.1) is 0 Å². The largest absolute Gasteiger partial charge is 0.392 e. The third kappa shape index (κ3) is 2.57. The van der Waals surface area contributed by atoms with Gasteiger partial charge in [0.2, 0.25) is 5.91 Å². The Balaban J connectivity index is 1.80. The molecular formula is C17H22N2OS. The van der Waals surface area contributed by atoms with E-state index in [2.05, 4.69) is 24.3 Å². The molecule has 3 atom stereocenters. The Morgan fingerprint density at radius 1 is 1.43 bits per heavy atom. The van der Waals surface area contributed by atoms with Crippen molar-refractivity contribution in [2.24, 2.45) is 17.6 Å². The number of hydrogen-bond donors (Lipinski definition) is 1. The zero-order valence-electron chi connectivity index (χ0n) is 12.6. The van der Waals surface area contributed by atoms with Crippen LogP contribution in [0, 0.1) is 11.8 Å². The fourth-order valence-electron chi connectivity index (χ4n) is 3.78. The van der Waals surface area contributed by atoms with Crippen molar-refractivity contribution in [3.05, 3.63) is 35.4 Å². The maximum absolute atomic E-state index is 12.9. The number of carbonyl (C=O) groups excluding carboxylic acids is 1. The smallest absolute Gasteiger partial charge is 0.227 e. The number of aryl methyl sites for hydroxylation is 1. The first kappa shape index (κ1) is 14.5. The third-order valence-corrected chi connectivity index (χ3v) is 4.98. The summed E-state index contributed by atoms with van der Waals surface area (Å²) < 4.78 is 0. The Kier molecular flexibility index (Phi) is 3.74. The molecule has 21 heavy (non-hydrogen) atoms. The Hall–Kier alpha value is -1.42. The summed E-state index contributed by atoms with van der Waals surface area (Å²) in [6, 6.07) is 8.69. The van der Waals surface area contributed by atoms with Crippen LogP contribution in [0.3, 0.4) is 0 Å². The summed E-state index contributed by atoms with van der Waals surface area (Å²) in [6.45, 7) is 4.44. The minimum Gasteiger partial charge on any atom is -0.392 e. The summed E-state index contributed by atoms with van der Waals surface area (Å²) in [5.41, 5.74) is 8.45. The monoisotopic (exact) mass is 302 g/mol. The fraction of sp³-hybridized carbons (Fsp3) is 0.529. The molecule has 4 heteroatoms. The highest BCUT2D eigenvalue weighted by atomic mass is 32.1. The molecule has 0 aliphatic heterocycles. The first-order valence-electron chi connectivity index (χ1n) is 7.67. The molecule has 3 nitrogen and oxygen atoms in total. The van der Waals surface area contributed by atoms with E-state index >= 15 is 0 Å². The Morgan fingerprint density at radius 3 is 2.81 bits per heavy atom. The van der Waals surface area contributed by atoms with Crippen LogP contribution in [-0.2, 0) is 11.2 Å². The molecule has 2 aliphatic carbocycles.